The maximum absolute atomic E-state index is 11.7. The first-order valence-corrected chi connectivity index (χ1v) is 4.39. The largest absolute Gasteiger partial charge is 0.292 e. The normalized spacial score (nSPS) is 11.4. The molecule has 1 rings (SSSR count). The lowest BCUT2D eigenvalue weighted by molar-refractivity contribution is 0.0853. The number of carbonyl (C=O) groups excluding carboxylic acids is 1. The standard InChI is InChI=1S/C11H15NO/c1-8-5-6-9(12-7-8)10(13)11(2,3)4/h5-7H,1-4H3. The number of hydrogen-bond acceptors (Lipinski definition) is 2. The highest BCUT2D eigenvalue weighted by atomic mass is 16.1. The Balaban J connectivity index is 2.97. The van der Waals surface area contributed by atoms with Gasteiger partial charge in [0.25, 0.3) is 0 Å². The predicted molar refractivity (Wildman–Crippen MR) is 52.8 cm³/mol. The van der Waals surface area contributed by atoms with Crippen molar-refractivity contribution in [2.45, 2.75) is 27.7 Å². The lowest BCUT2D eigenvalue weighted by atomic mass is 9.89. The summed E-state index contributed by atoms with van der Waals surface area (Å²) in [5, 5.41) is 0. The number of aryl methyl sites for hydroxylation is 1. The van der Waals surface area contributed by atoms with Gasteiger partial charge in [0, 0.05) is 11.6 Å². The number of Topliss-reactive ketones (excluding diaryl/α,β-unsaturated/α-hetero) is 1. The van der Waals surface area contributed by atoms with Gasteiger partial charge in [-0.15, -0.1) is 0 Å². The highest BCUT2D eigenvalue weighted by Crippen LogP contribution is 2.19. The van der Waals surface area contributed by atoms with Crippen LogP contribution in [0.2, 0.25) is 0 Å². The Bertz CT molecular complexity index is 306. The van der Waals surface area contributed by atoms with Crippen LogP contribution in [0.5, 0.6) is 0 Å². The van der Waals surface area contributed by atoms with Crippen LogP contribution in [-0.4, -0.2) is 10.8 Å². The lowest BCUT2D eigenvalue weighted by Gasteiger charge is -2.15. The Morgan fingerprint density at radius 2 is 1.92 bits per heavy atom. The van der Waals surface area contributed by atoms with Crippen LogP contribution < -0.4 is 0 Å². The molecule has 0 fully saturated rings. The van der Waals surface area contributed by atoms with Crippen molar-refractivity contribution in [2.75, 3.05) is 0 Å². The summed E-state index contributed by atoms with van der Waals surface area (Å²) < 4.78 is 0. The molecule has 1 aromatic rings. The van der Waals surface area contributed by atoms with Gasteiger partial charge >= 0.3 is 0 Å². The molecule has 2 heteroatoms. The van der Waals surface area contributed by atoms with Gasteiger partial charge in [0.05, 0.1) is 0 Å². The number of ketones is 1. The molecular formula is C11H15NO. The smallest absolute Gasteiger partial charge is 0.186 e. The van der Waals surface area contributed by atoms with Crippen molar-refractivity contribution >= 4 is 5.78 Å². The molecule has 13 heavy (non-hydrogen) atoms. The predicted octanol–water partition coefficient (Wildman–Crippen LogP) is 2.62. The molecule has 0 aromatic carbocycles. The summed E-state index contributed by atoms with van der Waals surface area (Å²) in [7, 11) is 0. The number of carbonyl (C=O) groups is 1. The van der Waals surface area contributed by atoms with Crippen molar-refractivity contribution in [2.24, 2.45) is 5.41 Å². The van der Waals surface area contributed by atoms with E-state index in [0.29, 0.717) is 5.69 Å². The molecule has 70 valence electrons. The van der Waals surface area contributed by atoms with Crippen molar-refractivity contribution in [1.29, 1.82) is 0 Å². The Hall–Kier alpha value is -1.18. The molecule has 0 aliphatic rings. The first-order chi connectivity index (χ1) is 5.91. The van der Waals surface area contributed by atoms with Crippen LogP contribution in [0.15, 0.2) is 18.3 Å². The van der Waals surface area contributed by atoms with Crippen molar-refractivity contribution in [1.82, 2.24) is 4.98 Å². The van der Waals surface area contributed by atoms with E-state index < -0.39 is 0 Å². The van der Waals surface area contributed by atoms with E-state index >= 15 is 0 Å². The van der Waals surface area contributed by atoms with Gasteiger partial charge in [0.2, 0.25) is 0 Å². The van der Waals surface area contributed by atoms with E-state index in [1.54, 1.807) is 12.3 Å². The van der Waals surface area contributed by atoms with E-state index in [4.69, 9.17) is 0 Å². The molecule has 0 atom stereocenters. The maximum Gasteiger partial charge on any atom is 0.186 e. The van der Waals surface area contributed by atoms with Crippen molar-refractivity contribution in [3.05, 3.63) is 29.6 Å². The van der Waals surface area contributed by atoms with E-state index in [2.05, 4.69) is 4.98 Å². The van der Waals surface area contributed by atoms with Gasteiger partial charge < -0.3 is 0 Å². The van der Waals surface area contributed by atoms with Crippen molar-refractivity contribution < 1.29 is 4.79 Å². The van der Waals surface area contributed by atoms with Crippen LogP contribution in [0.3, 0.4) is 0 Å². The topological polar surface area (TPSA) is 30.0 Å². The minimum atomic E-state index is -0.345. The highest BCUT2D eigenvalue weighted by molar-refractivity contribution is 5.98. The molecule has 0 aliphatic carbocycles. The number of nitrogens with zero attached hydrogens (tertiary/aromatic N) is 1. The van der Waals surface area contributed by atoms with Crippen molar-refractivity contribution in [3.63, 3.8) is 0 Å². The molecule has 1 heterocycles. The van der Waals surface area contributed by atoms with Gasteiger partial charge in [-0.25, -0.2) is 0 Å². The average Bonchev–Trinajstić information content (AvgIpc) is 2.03. The van der Waals surface area contributed by atoms with Gasteiger partial charge in [-0.05, 0) is 18.6 Å². The average molecular weight is 177 g/mol. The summed E-state index contributed by atoms with van der Waals surface area (Å²) in [5.74, 6) is 0.0903. The fraction of sp³-hybridized carbons (Fsp3) is 0.455. The van der Waals surface area contributed by atoms with Gasteiger partial charge in [0.15, 0.2) is 5.78 Å². The maximum atomic E-state index is 11.7. The summed E-state index contributed by atoms with van der Waals surface area (Å²) >= 11 is 0. The van der Waals surface area contributed by atoms with Crippen molar-refractivity contribution in [3.8, 4) is 0 Å². The molecule has 0 N–H and O–H groups in total. The van der Waals surface area contributed by atoms with Gasteiger partial charge in [-0.3, -0.25) is 9.78 Å². The van der Waals surface area contributed by atoms with Crippen LogP contribution in [0.25, 0.3) is 0 Å². The van der Waals surface area contributed by atoms with E-state index in [1.165, 1.54) is 0 Å². The first-order valence-electron chi connectivity index (χ1n) is 4.39. The van der Waals surface area contributed by atoms with E-state index in [1.807, 2.05) is 33.8 Å². The molecule has 0 amide bonds. The number of rotatable bonds is 1. The number of aromatic nitrogens is 1. The minimum Gasteiger partial charge on any atom is -0.292 e. The molecule has 0 bridgehead atoms. The van der Waals surface area contributed by atoms with Crippen LogP contribution in [-0.2, 0) is 0 Å². The Labute approximate surface area is 79.0 Å². The molecule has 0 aliphatic heterocycles. The van der Waals surface area contributed by atoms with Crippen LogP contribution in [0, 0.1) is 12.3 Å². The fourth-order valence-electron chi connectivity index (χ4n) is 0.986. The minimum absolute atomic E-state index is 0.0903. The second-order valence-corrected chi connectivity index (χ2v) is 4.30. The fourth-order valence-corrected chi connectivity index (χ4v) is 0.986. The molecular weight excluding hydrogens is 162 g/mol. The van der Waals surface area contributed by atoms with E-state index in [0.717, 1.165) is 5.56 Å². The van der Waals surface area contributed by atoms with E-state index in [-0.39, 0.29) is 11.2 Å². The van der Waals surface area contributed by atoms with Crippen LogP contribution in [0.1, 0.15) is 36.8 Å². The second kappa shape index (κ2) is 3.29. The molecule has 2 nitrogen and oxygen atoms in total. The zero-order valence-electron chi connectivity index (χ0n) is 8.59. The quantitative estimate of drug-likeness (QED) is 0.617. The number of hydrogen-bond donors (Lipinski definition) is 0. The second-order valence-electron chi connectivity index (χ2n) is 4.30. The highest BCUT2D eigenvalue weighted by Gasteiger charge is 2.23. The third-order valence-electron chi connectivity index (χ3n) is 1.83. The molecule has 0 unspecified atom stereocenters. The Morgan fingerprint density at radius 1 is 1.31 bits per heavy atom. The molecule has 1 aromatic heterocycles. The van der Waals surface area contributed by atoms with Gasteiger partial charge in [0.1, 0.15) is 5.69 Å². The van der Waals surface area contributed by atoms with Gasteiger partial charge in [-0.2, -0.15) is 0 Å². The number of pyridine rings is 1. The summed E-state index contributed by atoms with van der Waals surface area (Å²) in [6, 6.07) is 3.69. The summed E-state index contributed by atoms with van der Waals surface area (Å²) in [6.07, 6.45) is 1.72. The Kier molecular flexibility index (Phi) is 2.50. The van der Waals surface area contributed by atoms with E-state index in [9.17, 15) is 4.79 Å². The van der Waals surface area contributed by atoms with Crippen LogP contribution >= 0.6 is 0 Å². The summed E-state index contributed by atoms with van der Waals surface area (Å²) in [4.78, 5) is 15.8. The zero-order valence-corrected chi connectivity index (χ0v) is 8.59. The summed E-state index contributed by atoms with van der Waals surface area (Å²) in [6.45, 7) is 7.66. The summed E-state index contributed by atoms with van der Waals surface area (Å²) in [5.41, 5.74) is 1.28. The third kappa shape index (κ3) is 2.38. The monoisotopic (exact) mass is 177 g/mol. The molecule has 0 spiro atoms. The first kappa shape index (κ1) is 9.90. The molecule has 0 saturated carbocycles. The molecule has 0 radical (unpaired) electrons. The zero-order chi connectivity index (χ0) is 10.1. The van der Waals surface area contributed by atoms with Gasteiger partial charge in [-0.1, -0.05) is 26.8 Å². The van der Waals surface area contributed by atoms with Crippen LogP contribution in [0.4, 0.5) is 0 Å². The SMILES string of the molecule is Cc1ccc(C(=O)C(C)(C)C)nc1. The Morgan fingerprint density at radius 3 is 2.31 bits per heavy atom. The lowest BCUT2D eigenvalue weighted by Crippen LogP contribution is -2.21. The third-order valence-corrected chi connectivity index (χ3v) is 1.83. The molecule has 0 saturated heterocycles.